The van der Waals surface area contributed by atoms with Crippen LogP contribution in [0.15, 0.2) is 104 Å². The average molecular weight is 934 g/mol. The van der Waals surface area contributed by atoms with E-state index in [1.165, 1.54) is 19.4 Å². The van der Waals surface area contributed by atoms with Crippen LogP contribution >= 0.6 is 0 Å². The first-order chi connectivity index (χ1) is 32.9. The number of unbranched alkanes of at least 4 members (excludes halogenated alkanes) is 2. The number of aromatic amines is 2. The molecule has 0 radical (unpaired) electrons. The molecular formula is C49H63N11O8. The number of carbonyl (C=O) groups excluding carboxylic acids is 7. The fourth-order valence-corrected chi connectivity index (χ4v) is 7.47. The first-order valence-corrected chi connectivity index (χ1v) is 22.9. The summed E-state index contributed by atoms with van der Waals surface area (Å²) < 4.78 is 5.27. The number of H-pyrrole nitrogens is 2. The van der Waals surface area contributed by atoms with Crippen molar-refractivity contribution >= 4 is 52.2 Å². The van der Waals surface area contributed by atoms with E-state index in [0.29, 0.717) is 50.0 Å². The number of benzene rings is 3. The summed E-state index contributed by atoms with van der Waals surface area (Å²) in [5.74, 6) is -5.60. The molecule has 5 aromatic rings. The van der Waals surface area contributed by atoms with Crippen molar-refractivity contribution in [1.82, 2.24) is 41.5 Å². The van der Waals surface area contributed by atoms with Crippen LogP contribution in [0.25, 0.3) is 10.9 Å². The van der Waals surface area contributed by atoms with Crippen LogP contribution < -0.4 is 43.8 Å². The molecule has 19 heteroatoms. The Morgan fingerprint density at radius 3 is 1.82 bits per heavy atom. The van der Waals surface area contributed by atoms with E-state index >= 15 is 0 Å². The summed E-state index contributed by atoms with van der Waals surface area (Å²) in [4.78, 5) is 106. The van der Waals surface area contributed by atoms with Crippen LogP contribution in [0.1, 0.15) is 67.8 Å². The van der Waals surface area contributed by atoms with E-state index in [4.69, 9.17) is 21.9 Å². The molecule has 2 heterocycles. The number of aromatic nitrogens is 3. The number of rotatable bonds is 28. The van der Waals surface area contributed by atoms with Crippen molar-refractivity contribution < 1.29 is 38.3 Å². The average Bonchev–Trinajstić information content (AvgIpc) is 4.02. The number of amides is 5. The van der Waals surface area contributed by atoms with Crippen molar-refractivity contribution in [3.8, 4) is 0 Å². The molecule has 0 bridgehead atoms. The Morgan fingerprint density at radius 2 is 1.16 bits per heavy atom. The summed E-state index contributed by atoms with van der Waals surface area (Å²) >= 11 is 0. The molecular weight excluding hydrogens is 871 g/mol. The minimum absolute atomic E-state index is 0.0557. The van der Waals surface area contributed by atoms with Crippen LogP contribution in [0.4, 0.5) is 0 Å². The van der Waals surface area contributed by atoms with Gasteiger partial charge in [-0.05, 0) is 87.7 Å². The van der Waals surface area contributed by atoms with Crippen molar-refractivity contribution in [1.29, 1.82) is 0 Å². The highest BCUT2D eigenvalue weighted by Gasteiger charge is 2.34. The predicted molar refractivity (Wildman–Crippen MR) is 255 cm³/mol. The van der Waals surface area contributed by atoms with Crippen molar-refractivity contribution in [2.45, 2.75) is 108 Å². The van der Waals surface area contributed by atoms with E-state index in [9.17, 15) is 33.6 Å². The second kappa shape index (κ2) is 26.8. The molecule has 0 saturated heterocycles. The molecule has 0 saturated carbocycles. The third kappa shape index (κ3) is 16.0. The number of hydrogen-bond acceptors (Lipinski definition) is 12. The number of para-hydroxylation sites is 1. The van der Waals surface area contributed by atoms with Gasteiger partial charge in [0.05, 0.1) is 24.1 Å². The van der Waals surface area contributed by atoms with E-state index in [1.54, 1.807) is 36.5 Å². The molecule has 3 aromatic carbocycles. The summed E-state index contributed by atoms with van der Waals surface area (Å²) in [6.45, 7) is 1.91. The van der Waals surface area contributed by atoms with Gasteiger partial charge in [-0.25, -0.2) is 9.78 Å². The minimum Gasteiger partial charge on any atom is -0.455 e. The third-order valence-corrected chi connectivity index (χ3v) is 11.3. The van der Waals surface area contributed by atoms with Crippen LogP contribution in [0.5, 0.6) is 0 Å². The Labute approximate surface area is 394 Å². The van der Waals surface area contributed by atoms with Crippen LogP contribution in [-0.2, 0) is 64.2 Å². The number of imidazole rings is 1. The van der Waals surface area contributed by atoms with Gasteiger partial charge < -0.3 is 58.5 Å². The number of nitrogens with one attached hydrogen (secondary N) is 7. The fourth-order valence-electron chi connectivity index (χ4n) is 7.47. The zero-order valence-electron chi connectivity index (χ0n) is 38.2. The molecule has 19 nitrogen and oxygen atoms in total. The van der Waals surface area contributed by atoms with Gasteiger partial charge in [0.1, 0.15) is 30.8 Å². The van der Waals surface area contributed by atoms with Crippen LogP contribution in [0.3, 0.4) is 0 Å². The van der Waals surface area contributed by atoms with E-state index in [-0.39, 0.29) is 38.7 Å². The number of nitrogens with zero attached hydrogens (tertiary/aromatic N) is 1. The van der Waals surface area contributed by atoms with Gasteiger partial charge in [0.2, 0.25) is 29.5 Å². The van der Waals surface area contributed by atoms with Crippen molar-refractivity contribution in [3.05, 3.63) is 126 Å². The van der Waals surface area contributed by atoms with Crippen LogP contribution in [0.2, 0.25) is 0 Å². The first-order valence-electron chi connectivity index (χ1n) is 22.9. The molecule has 5 amide bonds. The maximum atomic E-state index is 14.2. The normalized spacial score (nSPS) is 13.8. The van der Waals surface area contributed by atoms with Gasteiger partial charge in [0.15, 0.2) is 0 Å². The second-order valence-corrected chi connectivity index (χ2v) is 16.6. The lowest BCUT2D eigenvalue weighted by Crippen LogP contribution is -2.59. The zero-order valence-corrected chi connectivity index (χ0v) is 38.2. The summed E-state index contributed by atoms with van der Waals surface area (Å²) in [6.07, 6.45) is 6.88. The highest BCUT2D eigenvalue weighted by molar-refractivity contribution is 6.36. The molecule has 0 fully saturated rings. The first kappa shape index (κ1) is 51.8. The Bertz CT molecular complexity index is 2410. The molecule has 6 atom stereocenters. The molecule has 0 aliphatic carbocycles. The molecule has 362 valence electrons. The van der Waals surface area contributed by atoms with Crippen molar-refractivity contribution in [2.75, 3.05) is 13.1 Å². The van der Waals surface area contributed by atoms with Gasteiger partial charge in [-0.1, -0.05) is 78.9 Å². The zero-order chi connectivity index (χ0) is 48.8. The Kier molecular flexibility index (Phi) is 20.4. The largest absolute Gasteiger partial charge is 0.455 e. The number of fused-ring (bicyclic) bond motifs is 1. The Morgan fingerprint density at radius 1 is 0.603 bits per heavy atom. The lowest BCUT2D eigenvalue weighted by Gasteiger charge is -2.26. The van der Waals surface area contributed by atoms with E-state index in [1.807, 2.05) is 54.6 Å². The maximum absolute atomic E-state index is 14.2. The number of Topliss-reactive ketones (excluding diaryl/α,β-unsaturated/α-hetero) is 1. The highest BCUT2D eigenvalue weighted by Crippen LogP contribution is 2.20. The summed E-state index contributed by atoms with van der Waals surface area (Å²) in [5.41, 5.74) is 21.2. The topological polar surface area (TPSA) is 311 Å². The summed E-state index contributed by atoms with van der Waals surface area (Å²) in [7, 11) is 0. The fraction of sp³-hybridized carbons (Fsp3) is 0.388. The number of carbonyl (C=O) groups is 7. The molecule has 0 unspecified atom stereocenters. The van der Waals surface area contributed by atoms with Gasteiger partial charge in [-0.15, -0.1) is 0 Å². The molecule has 13 N–H and O–H groups in total. The molecule has 0 spiro atoms. The Balaban J connectivity index is 1.29. The molecule has 2 aromatic heterocycles. The molecule has 0 aliphatic heterocycles. The van der Waals surface area contributed by atoms with E-state index in [0.717, 1.165) is 22.0 Å². The quantitative estimate of drug-likeness (QED) is 0.0193. The molecule has 0 aliphatic rings. The van der Waals surface area contributed by atoms with Crippen molar-refractivity contribution in [3.63, 3.8) is 0 Å². The SMILES string of the molecule is C[C@H](NC(=O)[C@H](Cc1c[nH]c2ccccc12)NC(=O)[C@@H](N)Cc1ccccc1)C(=O)N[C@@H](Cc1c[nH]cn1)C(=O)N[C@@H](CCCCN)C(=O)N[C@@H](CCCCN)C(=O)C(=O)OCc1ccccc1. The van der Waals surface area contributed by atoms with Crippen molar-refractivity contribution in [2.24, 2.45) is 17.2 Å². The lowest BCUT2D eigenvalue weighted by molar-refractivity contribution is -0.156. The minimum atomic E-state index is -1.32. The summed E-state index contributed by atoms with van der Waals surface area (Å²) in [6, 6.07) is 18.3. The Hall–Kier alpha value is -7.22. The van der Waals surface area contributed by atoms with Gasteiger partial charge in [0, 0.05) is 36.1 Å². The number of esters is 1. The maximum Gasteiger partial charge on any atom is 0.377 e. The third-order valence-electron chi connectivity index (χ3n) is 11.3. The van der Waals surface area contributed by atoms with Crippen LogP contribution in [0, 0.1) is 0 Å². The molecule has 5 rings (SSSR count). The van der Waals surface area contributed by atoms with Crippen LogP contribution in [-0.4, -0.2) is 106 Å². The summed E-state index contributed by atoms with van der Waals surface area (Å²) in [5, 5.41) is 14.4. The number of hydrogen-bond donors (Lipinski definition) is 10. The van der Waals surface area contributed by atoms with E-state index < -0.39 is 77.5 Å². The predicted octanol–water partition coefficient (Wildman–Crippen LogP) is 1.26. The number of nitrogens with two attached hydrogens (primary N) is 3. The van der Waals surface area contributed by atoms with Gasteiger partial charge in [-0.2, -0.15) is 0 Å². The van der Waals surface area contributed by atoms with Gasteiger partial charge in [0.25, 0.3) is 5.78 Å². The molecule has 68 heavy (non-hydrogen) atoms. The second-order valence-electron chi connectivity index (χ2n) is 16.6. The lowest BCUT2D eigenvalue weighted by atomic mass is 10.0. The smallest absolute Gasteiger partial charge is 0.377 e. The van der Waals surface area contributed by atoms with Gasteiger partial charge >= 0.3 is 5.97 Å². The highest BCUT2D eigenvalue weighted by atomic mass is 16.5. The number of ketones is 1. The standard InChI is InChI=1S/C49H63N11O8/c1-31(56-47(65)41(25-34-27-54-38-19-9-8-18-36(34)38)60-45(63)37(52)24-32-14-4-2-5-15-32)44(62)59-42(26-35-28-53-30-55-35)48(66)58-40(21-11-13-23-51)46(64)57-39(20-10-12-22-50)43(61)49(67)68-29-33-16-6-3-7-17-33/h2-9,14-19,27-28,30-31,37,39-42,54H,10-13,20-26,29,50-52H2,1H3,(H,53,55)(H,56,65)(H,57,64)(H,58,66)(H,59,62)(H,60,63)/t31-,37-,39-,40-,41-,42-/m0/s1. The monoisotopic (exact) mass is 933 g/mol. The number of ether oxygens (including phenoxy) is 1. The van der Waals surface area contributed by atoms with E-state index in [2.05, 4.69) is 41.5 Å². The van der Waals surface area contributed by atoms with Gasteiger partial charge in [-0.3, -0.25) is 28.8 Å².